The molecule has 0 unspecified atom stereocenters. The van der Waals surface area contributed by atoms with Crippen LogP contribution in [0.2, 0.25) is 10.0 Å². The Labute approximate surface area is 156 Å². The summed E-state index contributed by atoms with van der Waals surface area (Å²) in [5.41, 5.74) is 6.61. The summed E-state index contributed by atoms with van der Waals surface area (Å²) in [5.74, 6) is -0.485. The lowest BCUT2D eigenvalue weighted by Crippen LogP contribution is -2.34. The summed E-state index contributed by atoms with van der Waals surface area (Å²) >= 11 is 12.0. The van der Waals surface area contributed by atoms with E-state index in [2.05, 4.69) is 5.32 Å². The van der Waals surface area contributed by atoms with Crippen LogP contribution in [0.5, 0.6) is 0 Å². The van der Waals surface area contributed by atoms with Crippen molar-refractivity contribution in [3.05, 3.63) is 69.7 Å². The largest absolute Gasteiger partial charge is 0.458 e. The van der Waals surface area contributed by atoms with Crippen LogP contribution in [0.25, 0.3) is 0 Å². The smallest absolute Gasteiger partial charge is 0.312 e. The minimum atomic E-state index is -0.730. The summed E-state index contributed by atoms with van der Waals surface area (Å²) in [7, 11) is 0. The van der Waals surface area contributed by atoms with E-state index in [9.17, 15) is 9.59 Å². The number of carbonyl (C=O) groups is 2. The van der Waals surface area contributed by atoms with Gasteiger partial charge in [-0.2, -0.15) is 0 Å². The molecule has 0 radical (unpaired) electrons. The quantitative estimate of drug-likeness (QED) is 0.728. The third-order valence-corrected chi connectivity index (χ3v) is 4.21. The van der Waals surface area contributed by atoms with Gasteiger partial charge in [0.15, 0.2) is 0 Å². The van der Waals surface area contributed by atoms with Gasteiger partial charge in [-0.3, -0.25) is 4.79 Å². The van der Waals surface area contributed by atoms with Gasteiger partial charge in [0, 0.05) is 15.6 Å². The zero-order valence-electron chi connectivity index (χ0n) is 13.5. The molecule has 0 aromatic heterocycles. The third kappa shape index (κ3) is 5.66. The number of benzene rings is 2. The van der Waals surface area contributed by atoms with E-state index in [4.69, 9.17) is 33.7 Å². The molecule has 0 aliphatic heterocycles. The molecule has 0 saturated heterocycles. The second-order valence-electron chi connectivity index (χ2n) is 5.47. The number of ether oxygens (including phenoxy) is 1. The van der Waals surface area contributed by atoms with Crippen molar-refractivity contribution in [3.8, 4) is 0 Å². The zero-order valence-corrected chi connectivity index (χ0v) is 15.1. The Kier molecular flexibility index (Phi) is 6.67. The highest BCUT2D eigenvalue weighted by atomic mass is 35.5. The maximum atomic E-state index is 12.3. The van der Waals surface area contributed by atoms with Crippen LogP contribution in [0.3, 0.4) is 0 Å². The van der Waals surface area contributed by atoms with E-state index in [-0.39, 0.29) is 6.42 Å². The average molecular weight is 381 g/mol. The molecule has 5 nitrogen and oxygen atoms in total. The number of nitrogens with two attached hydrogens (primary N) is 1. The fraction of sp³-hybridized carbons (Fsp3) is 0.222. The van der Waals surface area contributed by atoms with Crippen LogP contribution < -0.4 is 11.1 Å². The molecule has 2 aromatic carbocycles. The molecule has 132 valence electrons. The molecule has 25 heavy (non-hydrogen) atoms. The van der Waals surface area contributed by atoms with Crippen molar-refractivity contribution in [2.24, 2.45) is 5.73 Å². The number of rotatable bonds is 6. The number of urea groups is 1. The first-order valence-corrected chi connectivity index (χ1v) is 8.37. The van der Waals surface area contributed by atoms with Gasteiger partial charge in [0.05, 0.1) is 12.5 Å². The lowest BCUT2D eigenvalue weighted by Gasteiger charge is -2.20. The molecule has 0 aliphatic rings. The van der Waals surface area contributed by atoms with Crippen molar-refractivity contribution >= 4 is 35.2 Å². The van der Waals surface area contributed by atoms with Crippen molar-refractivity contribution < 1.29 is 14.3 Å². The summed E-state index contributed by atoms with van der Waals surface area (Å²) in [6.45, 7) is 1.73. The van der Waals surface area contributed by atoms with E-state index in [1.807, 2.05) is 6.07 Å². The first-order valence-electron chi connectivity index (χ1n) is 7.62. The molecule has 0 aliphatic carbocycles. The second-order valence-corrected chi connectivity index (χ2v) is 6.31. The van der Waals surface area contributed by atoms with Gasteiger partial charge in [-0.25, -0.2) is 4.79 Å². The van der Waals surface area contributed by atoms with Gasteiger partial charge in [-0.1, -0.05) is 53.5 Å². The number of hydrogen-bond acceptors (Lipinski definition) is 3. The number of carbonyl (C=O) groups excluding carboxylic acids is 2. The highest BCUT2D eigenvalue weighted by Gasteiger charge is 2.21. The Bertz CT molecular complexity index is 750. The van der Waals surface area contributed by atoms with Gasteiger partial charge >= 0.3 is 12.0 Å². The molecule has 2 rings (SSSR count). The molecule has 2 atom stereocenters. The number of nitrogens with one attached hydrogen (secondary N) is 1. The van der Waals surface area contributed by atoms with E-state index >= 15 is 0 Å². The number of hydrogen-bond donors (Lipinski definition) is 2. The third-order valence-electron chi connectivity index (χ3n) is 3.61. The summed E-state index contributed by atoms with van der Waals surface area (Å²) in [6, 6.07) is 12.6. The van der Waals surface area contributed by atoms with Gasteiger partial charge < -0.3 is 15.8 Å². The van der Waals surface area contributed by atoms with Gasteiger partial charge in [0.25, 0.3) is 0 Å². The molecular weight excluding hydrogens is 363 g/mol. The van der Waals surface area contributed by atoms with Crippen LogP contribution in [0, 0.1) is 0 Å². The van der Waals surface area contributed by atoms with Crippen LogP contribution in [0.4, 0.5) is 4.79 Å². The predicted octanol–water partition coefficient (Wildman–Crippen LogP) is 4.40. The van der Waals surface area contributed by atoms with Gasteiger partial charge in [0.2, 0.25) is 0 Å². The van der Waals surface area contributed by atoms with Crippen LogP contribution in [0.15, 0.2) is 48.5 Å². The van der Waals surface area contributed by atoms with Crippen molar-refractivity contribution in [2.75, 3.05) is 0 Å². The molecule has 2 amide bonds. The normalized spacial score (nSPS) is 12.9. The van der Waals surface area contributed by atoms with Crippen LogP contribution >= 0.6 is 23.2 Å². The topological polar surface area (TPSA) is 81.4 Å². The number of amides is 2. The Morgan fingerprint density at radius 1 is 1.12 bits per heavy atom. The zero-order chi connectivity index (χ0) is 18.4. The lowest BCUT2D eigenvalue weighted by atomic mass is 10.0. The Morgan fingerprint density at radius 2 is 1.76 bits per heavy atom. The molecule has 0 heterocycles. The fourth-order valence-corrected chi connectivity index (χ4v) is 2.81. The van der Waals surface area contributed by atoms with Crippen LogP contribution in [-0.4, -0.2) is 12.0 Å². The Morgan fingerprint density at radius 3 is 2.36 bits per heavy atom. The summed E-state index contributed by atoms with van der Waals surface area (Å²) in [5, 5.41) is 3.61. The van der Waals surface area contributed by atoms with E-state index < -0.39 is 24.1 Å². The Balaban J connectivity index is 2.07. The SMILES string of the molecule is C[C@H](OC(=O)C[C@H](NC(N)=O)c1ccc(Cl)cc1)c1ccccc1Cl. The highest BCUT2D eigenvalue weighted by Crippen LogP contribution is 2.27. The van der Waals surface area contributed by atoms with Crippen molar-refractivity contribution in [2.45, 2.75) is 25.5 Å². The van der Waals surface area contributed by atoms with Crippen LogP contribution in [0.1, 0.15) is 36.6 Å². The molecule has 0 bridgehead atoms. The summed E-state index contributed by atoms with van der Waals surface area (Å²) in [4.78, 5) is 23.5. The first-order chi connectivity index (χ1) is 11.9. The molecule has 3 N–H and O–H groups in total. The molecular formula is C18H18Cl2N2O3. The van der Waals surface area contributed by atoms with E-state index in [0.29, 0.717) is 21.2 Å². The van der Waals surface area contributed by atoms with E-state index in [0.717, 1.165) is 0 Å². The fourth-order valence-electron chi connectivity index (χ4n) is 2.40. The highest BCUT2D eigenvalue weighted by molar-refractivity contribution is 6.31. The Hall–Kier alpha value is -2.24. The molecule has 7 heteroatoms. The van der Waals surface area contributed by atoms with E-state index in [1.54, 1.807) is 49.4 Å². The average Bonchev–Trinajstić information content (AvgIpc) is 2.54. The van der Waals surface area contributed by atoms with Crippen LogP contribution in [-0.2, 0) is 9.53 Å². The minimum Gasteiger partial charge on any atom is -0.458 e. The molecule has 0 spiro atoms. The minimum absolute atomic E-state index is 0.0701. The lowest BCUT2D eigenvalue weighted by molar-refractivity contribution is -0.149. The van der Waals surface area contributed by atoms with Gasteiger partial charge in [-0.15, -0.1) is 0 Å². The number of esters is 1. The maximum absolute atomic E-state index is 12.3. The predicted molar refractivity (Wildman–Crippen MR) is 97.5 cm³/mol. The molecule has 0 saturated carbocycles. The van der Waals surface area contributed by atoms with E-state index in [1.165, 1.54) is 0 Å². The molecule has 0 fully saturated rings. The van der Waals surface area contributed by atoms with Crippen molar-refractivity contribution in [3.63, 3.8) is 0 Å². The van der Waals surface area contributed by atoms with Gasteiger partial charge in [0.1, 0.15) is 6.10 Å². The molecule has 2 aromatic rings. The van der Waals surface area contributed by atoms with Crippen molar-refractivity contribution in [1.29, 1.82) is 0 Å². The van der Waals surface area contributed by atoms with Crippen molar-refractivity contribution in [1.82, 2.24) is 5.32 Å². The summed E-state index contributed by atoms with van der Waals surface area (Å²) in [6.07, 6.45) is -0.583. The monoisotopic (exact) mass is 380 g/mol. The van der Waals surface area contributed by atoms with Gasteiger partial charge in [-0.05, 0) is 30.7 Å². The standard InChI is InChI=1S/C18H18Cl2N2O3/c1-11(14-4-2-3-5-15(14)20)25-17(23)10-16(22-18(21)24)12-6-8-13(19)9-7-12/h2-9,11,16H,10H2,1H3,(H3,21,22,24)/t11-,16-/m0/s1. The maximum Gasteiger partial charge on any atom is 0.312 e. The first kappa shape index (κ1) is 19.1. The second kappa shape index (κ2) is 8.74. The number of primary amides is 1. The number of halogens is 2. The summed E-state index contributed by atoms with van der Waals surface area (Å²) < 4.78 is 5.43.